The van der Waals surface area contributed by atoms with Gasteiger partial charge in [-0.2, -0.15) is 5.10 Å². The van der Waals surface area contributed by atoms with Crippen molar-refractivity contribution >= 4 is 11.0 Å². The van der Waals surface area contributed by atoms with Crippen LogP contribution >= 0.6 is 0 Å². The molecule has 32 heavy (non-hydrogen) atoms. The summed E-state index contributed by atoms with van der Waals surface area (Å²) in [6, 6.07) is 26.0. The Kier molecular flexibility index (Phi) is 4.94. The van der Waals surface area contributed by atoms with E-state index in [4.69, 9.17) is 4.98 Å². The van der Waals surface area contributed by atoms with Gasteiger partial charge in [-0.05, 0) is 48.7 Å². The first kappa shape index (κ1) is 19.9. The van der Waals surface area contributed by atoms with Crippen LogP contribution in [0.2, 0.25) is 0 Å². The minimum atomic E-state index is -0.133. The van der Waals surface area contributed by atoms with Crippen LogP contribution in [0.5, 0.6) is 0 Å². The lowest BCUT2D eigenvalue weighted by Crippen LogP contribution is -2.22. The number of aryl methyl sites for hydroxylation is 1. The Morgan fingerprint density at radius 3 is 2.28 bits per heavy atom. The summed E-state index contributed by atoms with van der Waals surface area (Å²) in [5.74, 6) is 1.02. The number of rotatable bonds is 4. The van der Waals surface area contributed by atoms with Crippen molar-refractivity contribution in [1.82, 2.24) is 19.3 Å². The van der Waals surface area contributed by atoms with E-state index in [1.54, 1.807) is 15.4 Å². The molecular formula is C27H24N4O. The topological polar surface area (TPSA) is 52.7 Å². The van der Waals surface area contributed by atoms with E-state index >= 15 is 0 Å². The summed E-state index contributed by atoms with van der Waals surface area (Å²) < 4.78 is 3.42. The highest BCUT2D eigenvalue weighted by molar-refractivity contribution is 5.79. The first-order valence-electron chi connectivity index (χ1n) is 10.8. The zero-order chi connectivity index (χ0) is 22.2. The first-order valence-corrected chi connectivity index (χ1v) is 10.8. The van der Waals surface area contributed by atoms with Crippen molar-refractivity contribution in [3.05, 3.63) is 107 Å². The van der Waals surface area contributed by atoms with Crippen molar-refractivity contribution in [3.8, 4) is 22.8 Å². The molecule has 0 aliphatic carbocycles. The van der Waals surface area contributed by atoms with Crippen molar-refractivity contribution in [2.45, 2.75) is 26.7 Å². The van der Waals surface area contributed by atoms with Gasteiger partial charge in [0.05, 0.1) is 17.6 Å². The lowest BCUT2D eigenvalue weighted by molar-refractivity contribution is 0.863. The highest BCUT2D eigenvalue weighted by Gasteiger charge is 2.18. The molecule has 0 bridgehead atoms. The van der Waals surface area contributed by atoms with E-state index < -0.39 is 0 Å². The van der Waals surface area contributed by atoms with Crippen LogP contribution in [0.15, 0.2) is 89.9 Å². The number of fused-ring (bicyclic) bond motifs is 1. The van der Waals surface area contributed by atoms with Gasteiger partial charge in [0.1, 0.15) is 11.2 Å². The van der Waals surface area contributed by atoms with E-state index in [0.29, 0.717) is 22.8 Å². The summed E-state index contributed by atoms with van der Waals surface area (Å²) in [5.41, 5.74) is 5.29. The van der Waals surface area contributed by atoms with Gasteiger partial charge in [0.25, 0.3) is 5.56 Å². The maximum Gasteiger partial charge on any atom is 0.269 e. The molecule has 0 amide bonds. The van der Waals surface area contributed by atoms with Gasteiger partial charge in [-0.1, -0.05) is 67.9 Å². The van der Waals surface area contributed by atoms with Crippen LogP contribution in [0.25, 0.3) is 33.8 Å². The molecule has 5 nitrogen and oxygen atoms in total. The highest BCUT2D eigenvalue weighted by Crippen LogP contribution is 2.25. The van der Waals surface area contributed by atoms with Gasteiger partial charge < -0.3 is 0 Å². The third kappa shape index (κ3) is 3.42. The zero-order valence-corrected chi connectivity index (χ0v) is 18.4. The molecule has 0 saturated heterocycles. The van der Waals surface area contributed by atoms with Gasteiger partial charge in [-0.25, -0.2) is 9.67 Å². The molecular weight excluding hydrogens is 396 g/mol. The van der Waals surface area contributed by atoms with Gasteiger partial charge in [-0.3, -0.25) is 9.36 Å². The number of para-hydroxylation sites is 1. The van der Waals surface area contributed by atoms with Crippen molar-refractivity contribution < 1.29 is 0 Å². The number of hydrogen-bond donors (Lipinski definition) is 0. The Morgan fingerprint density at radius 1 is 0.844 bits per heavy atom. The Hall–Kier alpha value is -3.99. The predicted octanol–water partition coefficient (Wildman–Crippen LogP) is 5.67. The number of benzene rings is 3. The fourth-order valence-corrected chi connectivity index (χ4v) is 3.95. The minimum absolute atomic E-state index is 0.133. The van der Waals surface area contributed by atoms with E-state index in [9.17, 15) is 4.79 Å². The van der Waals surface area contributed by atoms with Crippen LogP contribution in [-0.4, -0.2) is 19.3 Å². The fraction of sp³-hybridized carbons (Fsp3) is 0.148. The van der Waals surface area contributed by atoms with Gasteiger partial charge in [0.15, 0.2) is 5.65 Å². The summed E-state index contributed by atoms with van der Waals surface area (Å²) in [7, 11) is 0. The highest BCUT2D eigenvalue weighted by atomic mass is 16.1. The van der Waals surface area contributed by atoms with E-state index in [1.807, 2.05) is 67.6 Å². The monoisotopic (exact) mass is 420 g/mol. The third-order valence-electron chi connectivity index (χ3n) is 5.70. The molecule has 0 N–H and O–H groups in total. The molecule has 5 aromatic rings. The van der Waals surface area contributed by atoms with Gasteiger partial charge >= 0.3 is 0 Å². The Labute approximate surface area is 186 Å². The molecule has 0 unspecified atom stereocenters. The normalized spacial score (nSPS) is 11.4. The molecule has 0 aliphatic rings. The fourth-order valence-electron chi connectivity index (χ4n) is 3.95. The second-order valence-corrected chi connectivity index (χ2v) is 8.32. The summed E-state index contributed by atoms with van der Waals surface area (Å²) in [4.78, 5) is 18.7. The molecule has 158 valence electrons. The Balaban J connectivity index is 1.82. The van der Waals surface area contributed by atoms with Crippen molar-refractivity contribution in [1.29, 1.82) is 0 Å². The van der Waals surface area contributed by atoms with Gasteiger partial charge in [0.2, 0.25) is 0 Å². The molecule has 5 heteroatoms. The van der Waals surface area contributed by atoms with E-state index in [0.717, 1.165) is 22.5 Å². The van der Waals surface area contributed by atoms with Crippen LogP contribution in [0.3, 0.4) is 0 Å². The molecule has 0 spiro atoms. The van der Waals surface area contributed by atoms with Crippen LogP contribution in [-0.2, 0) is 0 Å². The van der Waals surface area contributed by atoms with Gasteiger partial charge in [-0.15, -0.1) is 0 Å². The molecule has 0 saturated carbocycles. The molecule has 0 radical (unpaired) electrons. The summed E-state index contributed by atoms with van der Waals surface area (Å²) >= 11 is 0. The van der Waals surface area contributed by atoms with E-state index in [1.165, 1.54) is 5.56 Å². The van der Waals surface area contributed by atoms with Crippen molar-refractivity contribution in [2.75, 3.05) is 0 Å². The van der Waals surface area contributed by atoms with Crippen LogP contribution in [0.4, 0.5) is 0 Å². The zero-order valence-electron chi connectivity index (χ0n) is 18.4. The van der Waals surface area contributed by atoms with Crippen molar-refractivity contribution in [3.63, 3.8) is 0 Å². The van der Waals surface area contributed by atoms with Crippen LogP contribution < -0.4 is 5.56 Å². The second-order valence-electron chi connectivity index (χ2n) is 8.32. The van der Waals surface area contributed by atoms with E-state index in [2.05, 4.69) is 37.1 Å². The molecule has 5 rings (SSSR count). The quantitative estimate of drug-likeness (QED) is 0.376. The second kappa shape index (κ2) is 7.93. The van der Waals surface area contributed by atoms with Crippen molar-refractivity contribution in [2.24, 2.45) is 0 Å². The smallest absolute Gasteiger partial charge is 0.268 e. The van der Waals surface area contributed by atoms with Gasteiger partial charge in [0, 0.05) is 5.56 Å². The average molecular weight is 421 g/mol. The van der Waals surface area contributed by atoms with Crippen LogP contribution in [0.1, 0.15) is 30.9 Å². The van der Waals surface area contributed by atoms with Crippen LogP contribution in [0, 0.1) is 6.92 Å². The molecule has 2 heterocycles. The Morgan fingerprint density at radius 2 is 1.59 bits per heavy atom. The summed E-state index contributed by atoms with van der Waals surface area (Å²) in [5, 5.41) is 4.98. The lowest BCUT2D eigenvalue weighted by Gasteiger charge is -2.15. The SMILES string of the molecule is Cc1cccc(-c2nc3c(cnn3-c3ccccc3)c(=O)n2-c2ccc(C(C)C)cc2)c1. The largest absolute Gasteiger partial charge is 0.269 e. The molecule has 0 fully saturated rings. The number of aromatic nitrogens is 4. The number of hydrogen-bond acceptors (Lipinski definition) is 3. The third-order valence-corrected chi connectivity index (χ3v) is 5.70. The predicted molar refractivity (Wildman–Crippen MR) is 129 cm³/mol. The molecule has 3 aromatic carbocycles. The number of nitrogens with zero attached hydrogens (tertiary/aromatic N) is 4. The Bertz CT molecular complexity index is 1460. The standard InChI is InChI=1S/C27H24N4O/c1-18(2)20-12-14-22(15-13-20)30-25(21-9-7-8-19(3)16-21)29-26-24(27(30)32)17-28-31(26)23-10-5-4-6-11-23/h4-18H,1-3H3. The summed E-state index contributed by atoms with van der Waals surface area (Å²) in [6.45, 7) is 6.35. The first-order chi connectivity index (χ1) is 15.5. The molecule has 0 aliphatic heterocycles. The molecule has 0 atom stereocenters. The minimum Gasteiger partial charge on any atom is -0.268 e. The van der Waals surface area contributed by atoms with E-state index in [-0.39, 0.29) is 5.56 Å². The molecule has 2 aromatic heterocycles. The summed E-state index contributed by atoms with van der Waals surface area (Å²) in [6.07, 6.45) is 1.61. The average Bonchev–Trinajstić information content (AvgIpc) is 3.24. The maximum absolute atomic E-state index is 13.7. The lowest BCUT2D eigenvalue weighted by atomic mass is 10.0. The maximum atomic E-state index is 13.7.